The van der Waals surface area contributed by atoms with E-state index in [4.69, 9.17) is 4.74 Å². The summed E-state index contributed by atoms with van der Waals surface area (Å²) >= 11 is 1.31. The molecule has 1 aliphatic rings. The minimum atomic E-state index is -0.465. The standard InChI is InChI=1S/C21H30N4O6S/c1-3-31-21(28)24-13-10-16(11-14-24)23-19(26)5-4-12-22-20(27)15(2)32-18-8-6-17(7-9-18)25(29)30/h6-9,15-16H,3-5,10-14H2,1-2H3,(H,22,27)(H,23,26). The van der Waals surface area contributed by atoms with E-state index in [-0.39, 0.29) is 34.9 Å². The SMILES string of the molecule is CCOC(=O)N1CCC(NC(=O)CCCNC(=O)C(C)Sc2ccc([N+](=O)[O-])cc2)CC1. The van der Waals surface area contributed by atoms with E-state index in [0.717, 1.165) is 4.90 Å². The van der Waals surface area contributed by atoms with Crippen molar-refractivity contribution in [1.82, 2.24) is 15.5 Å². The third-order valence-corrected chi connectivity index (χ3v) is 6.11. The molecular weight excluding hydrogens is 436 g/mol. The maximum atomic E-state index is 12.2. The van der Waals surface area contributed by atoms with E-state index in [0.29, 0.717) is 51.9 Å². The number of rotatable bonds is 10. The van der Waals surface area contributed by atoms with Gasteiger partial charge in [0.25, 0.3) is 5.69 Å². The minimum absolute atomic E-state index is 0.00860. The third-order valence-electron chi connectivity index (χ3n) is 5.00. The Kier molecular flexibility index (Phi) is 10.3. The van der Waals surface area contributed by atoms with Gasteiger partial charge in [-0.1, -0.05) is 0 Å². The van der Waals surface area contributed by atoms with Crippen LogP contribution in [-0.4, -0.2) is 65.3 Å². The lowest BCUT2D eigenvalue weighted by Crippen LogP contribution is -2.46. The predicted molar refractivity (Wildman–Crippen MR) is 120 cm³/mol. The molecule has 0 bridgehead atoms. The summed E-state index contributed by atoms with van der Waals surface area (Å²) in [6, 6.07) is 6.10. The molecule has 10 nitrogen and oxygen atoms in total. The average Bonchev–Trinajstić information content (AvgIpc) is 2.77. The first-order valence-corrected chi connectivity index (χ1v) is 11.6. The molecule has 176 valence electrons. The number of benzene rings is 1. The molecular formula is C21H30N4O6S. The summed E-state index contributed by atoms with van der Waals surface area (Å²) in [4.78, 5) is 48.7. The number of nitrogens with one attached hydrogen (secondary N) is 2. The number of carbonyl (C=O) groups is 3. The van der Waals surface area contributed by atoms with Crippen molar-refractivity contribution >= 4 is 35.4 Å². The number of nitro groups is 1. The Morgan fingerprint density at radius 2 is 1.91 bits per heavy atom. The molecule has 2 N–H and O–H groups in total. The summed E-state index contributed by atoms with van der Waals surface area (Å²) in [6.07, 6.45) is 1.90. The molecule has 0 aliphatic carbocycles. The summed E-state index contributed by atoms with van der Waals surface area (Å²) in [7, 11) is 0. The van der Waals surface area contributed by atoms with Gasteiger partial charge in [-0.05, 0) is 45.2 Å². The van der Waals surface area contributed by atoms with Gasteiger partial charge in [0.05, 0.1) is 16.8 Å². The van der Waals surface area contributed by atoms with Crippen LogP contribution >= 0.6 is 11.8 Å². The van der Waals surface area contributed by atoms with Gasteiger partial charge in [-0.2, -0.15) is 0 Å². The van der Waals surface area contributed by atoms with Crippen molar-refractivity contribution in [2.45, 2.75) is 55.7 Å². The van der Waals surface area contributed by atoms with E-state index < -0.39 is 4.92 Å². The second-order valence-electron chi connectivity index (χ2n) is 7.43. The molecule has 1 fully saturated rings. The van der Waals surface area contributed by atoms with Crippen LogP contribution in [-0.2, 0) is 14.3 Å². The number of piperidine rings is 1. The molecule has 1 saturated heterocycles. The number of hydrogen-bond donors (Lipinski definition) is 2. The van der Waals surface area contributed by atoms with Crippen LogP contribution in [0, 0.1) is 10.1 Å². The van der Waals surface area contributed by atoms with Crippen LogP contribution in [0.15, 0.2) is 29.2 Å². The van der Waals surface area contributed by atoms with Gasteiger partial charge in [0.1, 0.15) is 0 Å². The monoisotopic (exact) mass is 466 g/mol. The molecule has 2 rings (SSSR count). The average molecular weight is 467 g/mol. The first kappa shape index (κ1) is 25.4. The molecule has 0 aromatic heterocycles. The molecule has 1 aromatic carbocycles. The molecule has 1 atom stereocenters. The summed E-state index contributed by atoms with van der Waals surface area (Å²) < 4.78 is 4.98. The first-order valence-electron chi connectivity index (χ1n) is 10.7. The Balaban J connectivity index is 1.60. The Morgan fingerprint density at radius 3 is 2.50 bits per heavy atom. The summed E-state index contributed by atoms with van der Waals surface area (Å²) in [5.41, 5.74) is 0.00860. The Bertz CT molecular complexity index is 796. The maximum Gasteiger partial charge on any atom is 0.409 e. The number of ether oxygens (including phenoxy) is 1. The number of hydrogen-bond acceptors (Lipinski definition) is 7. The van der Waals surface area contributed by atoms with Crippen LogP contribution < -0.4 is 10.6 Å². The van der Waals surface area contributed by atoms with Crippen molar-refractivity contribution in [2.75, 3.05) is 26.2 Å². The van der Waals surface area contributed by atoms with Crippen LogP contribution in [0.4, 0.5) is 10.5 Å². The van der Waals surface area contributed by atoms with Gasteiger partial charge < -0.3 is 20.3 Å². The molecule has 1 aromatic rings. The quantitative estimate of drug-likeness (QED) is 0.235. The zero-order valence-corrected chi connectivity index (χ0v) is 19.2. The van der Waals surface area contributed by atoms with Crippen LogP contribution in [0.1, 0.15) is 39.5 Å². The predicted octanol–water partition coefficient (Wildman–Crippen LogP) is 2.71. The Morgan fingerprint density at radius 1 is 1.25 bits per heavy atom. The number of likely N-dealkylation sites (tertiary alicyclic amines) is 1. The van der Waals surface area contributed by atoms with Crippen molar-refractivity contribution in [2.24, 2.45) is 0 Å². The fourth-order valence-electron chi connectivity index (χ4n) is 3.23. The number of nitro benzene ring substituents is 1. The van der Waals surface area contributed by atoms with Crippen molar-refractivity contribution in [3.05, 3.63) is 34.4 Å². The number of carbonyl (C=O) groups excluding carboxylic acids is 3. The lowest BCUT2D eigenvalue weighted by Gasteiger charge is -2.31. The van der Waals surface area contributed by atoms with E-state index in [1.807, 2.05) is 0 Å². The van der Waals surface area contributed by atoms with Gasteiger partial charge in [0.2, 0.25) is 11.8 Å². The smallest absolute Gasteiger partial charge is 0.409 e. The molecule has 1 heterocycles. The van der Waals surface area contributed by atoms with E-state index in [1.54, 1.807) is 30.9 Å². The third kappa shape index (κ3) is 8.37. The van der Waals surface area contributed by atoms with Crippen molar-refractivity contribution in [3.63, 3.8) is 0 Å². The lowest BCUT2D eigenvalue weighted by atomic mass is 10.1. The van der Waals surface area contributed by atoms with Gasteiger partial charge in [-0.15, -0.1) is 11.8 Å². The van der Waals surface area contributed by atoms with Gasteiger partial charge in [-0.3, -0.25) is 19.7 Å². The van der Waals surface area contributed by atoms with Gasteiger partial charge in [0.15, 0.2) is 0 Å². The largest absolute Gasteiger partial charge is 0.450 e. The summed E-state index contributed by atoms with van der Waals surface area (Å²) in [5, 5.41) is 16.1. The summed E-state index contributed by atoms with van der Waals surface area (Å²) in [5.74, 6) is -0.220. The number of amides is 3. The van der Waals surface area contributed by atoms with Crippen LogP contribution in [0.5, 0.6) is 0 Å². The zero-order chi connectivity index (χ0) is 23.5. The second-order valence-corrected chi connectivity index (χ2v) is 8.85. The fraction of sp³-hybridized carbons (Fsp3) is 0.571. The molecule has 1 unspecified atom stereocenters. The molecule has 32 heavy (non-hydrogen) atoms. The van der Waals surface area contributed by atoms with Gasteiger partial charge in [-0.25, -0.2) is 4.79 Å². The van der Waals surface area contributed by atoms with Gasteiger partial charge in [0, 0.05) is 49.1 Å². The Hall–Kier alpha value is -2.82. The topological polar surface area (TPSA) is 131 Å². The lowest BCUT2D eigenvalue weighted by molar-refractivity contribution is -0.384. The molecule has 0 saturated carbocycles. The summed E-state index contributed by atoms with van der Waals surface area (Å²) in [6.45, 7) is 5.39. The van der Waals surface area contributed by atoms with Crippen LogP contribution in [0.2, 0.25) is 0 Å². The minimum Gasteiger partial charge on any atom is -0.450 e. The highest BCUT2D eigenvalue weighted by Crippen LogP contribution is 2.25. The molecule has 0 spiro atoms. The second kappa shape index (κ2) is 12.9. The molecule has 11 heteroatoms. The van der Waals surface area contributed by atoms with Crippen molar-refractivity contribution < 1.29 is 24.0 Å². The van der Waals surface area contributed by atoms with E-state index in [1.165, 1.54) is 23.9 Å². The van der Waals surface area contributed by atoms with E-state index in [9.17, 15) is 24.5 Å². The first-order chi connectivity index (χ1) is 15.3. The maximum absolute atomic E-state index is 12.2. The van der Waals surface area contributed by atoms with Gasteiger partial charge >= 0.3 is 6.09 Å². The Labute approximate surface area is 191 Å². The van der Waals surface area contributed by atoms with Crippen LogP contribution in [0.3, 0.4) is 0 Å². The molecule has 3 amide bonds. The highest BCUT2D eigenvalue weighted by Gasteiger charge is 2.24. The van der Waals surface area contributed by atoms with E-state index in [2.05, 4.69) is 10.6 Å². The number of non-ortho nitro benzene ring substituents is 1. The molecule has 0 radical (unpaired) electrons. The molecule has 1 aliphatic heterocycles. The number of thioether (sulfide) groups is 1. The van der Waals surface area contributed by atoms with Crippen molar-refractivity contribution in [3.8, 4) is 0 Å². The van der Waals surface area contributed by atoms with Crippen molar-refractivity contribution in [1.29, 1.82) is 0 Å². The highest BCUT2D eigenvalue weighted by molar-refractivity contribution is 8.00. The van der Waals surface area contributed by atoms with Crippen LogP contribution in [0.25, 0.3) is 0 Å². The fourth-order valence-corrected chi connectivity index (χ4v) is 4.12. The van der Waals surface area contributed by atoms with E-state index >= 15 is 0 Å². The normalized spacial score (nSPS) is 15.0. The highest BCUT2D eigenvalue weighted by atomic mass is 32.2. The zero-order valence-electron chi connectivity index (χ0n) is 18.4. The number of nitrogens with zero attached hydrogens (tertiary/aromatic N) is 2.